The van der Waals surface area contributed by atoms with Gasteiger partial charge in [0, 0.05) is 6.54 Å². The van der Waals surface area contributed by atoms with E-state index in [0.29, 0.717) is 11.3 Å². The summed E-state index contributed by atoms with van der Waals surface area (Å²) < 4.78 is 37.2. The first kappa shape index (κ1) is 17.4. The van der Waals surface area contributed by atoms with Crippen molar-refractivity contribution in [1.82, 2.24) is 0 Å². The van der Waals surface area contributed by atoms with Crippen molar-refractivity contribution in [3.8, 4) is 0 Å². The average Bonchev–Trinajstić information content (AvgIpc) is 2.54. The minimum atomic E-state index is -3.36. The summed E-state index contributed by atoms with van der Waals surface area (Å²) in [6.45, 7) is 3.26. The third kappa shape index (κ3) is 4.09. The molecule has 0 fully saturated rings. The van der Waals surface area contributed by atoms with Gasteiger partial charge in [0.25, 0.3) is 0 Å². The second-order valence-electron chi connectivity index (χ2n) is 5.53. The predicted octanol–water partition coefficient (Wildman–Crippen LogP) is 2.94. The average molecular weight is 337 g/mol. The van der Waals surface area contributed by atoms with Gasteiger partial charge in [-0.1, -0.05) is 31.2 Å². The summed E-state index contributed by atoms with van der Waals surface area (Å²) in [6.07, 6.45) is 0. The molecule has 2 aromatic rings. The zero-order valence-electron chi connectivity index (χ0n) is 13.1. The van der Waals surface area contributed by atoms with Crippen molar-refractivity contribution in [2.75, 3.05) is 17.6 Å². The quantitative estimate of drug-likeness (QED) is 0.850. The zero-order chi connectivity index (χ0) is 17.1. The normalized spacial score (nSPS) is 14.3. The Morgan fingerprint density at radius 3 is 2.35 bits per heavy atom. The number of rotatable bonds is 6. The Labute approximate surface area is 135 Å². The van der Waals surface area contributed by atoms with Gasteiger partial charge < -0.3 is 10.4 Å². The van der Waals surface area contributed by atoms with E-state index in [4.69, 9.17) is 0 Å². The standard InChI is InChI=1S/C17H20FNO3S/c1-3-23(21,22)16-7-5-4-6-15(16)19-12-17(2,20)13-8-10-14(18)11-9-13/h4-11,19-20H,3,12H2,1-2H3/t17-/m1/s1. The van der Waals surface area contributed by atoms with Crippen molar-refractivity contribution < 1.29 is 17.9 Å². The van der Waals surface area contributed by atoms with Crippen LogP contribution in [0.25, 0.3) is 0 Å². The molecule has 124 valence electrons. The van der Waals surface area contributed by atoms with Gasteiger partial charge in [-0.3, -0.25) is 0 Å². The summed E-state index contributed by atoms with van der Waals surface area (Å²) in [5, 5.41) is 13.5. The van der Waals surface area contributed by atoms with E-state index in [1.54, 1.807) is 32.0 Å². The van der Waals surface area contributed by atoms with E-state index in [-0.39, 0.29) is 23.0 Å². The number of halogens is 1. The molecule has 4 nitrogen and oxygen atoms in total. The summed E-state index contributed by atoms with van der Waals surface area (Å²) in [6, 6.07) is 12.1. The van der Waals surface area contributed by atoms with Crippen LogP contribution in [0, 0.1) is 5.82 Å². The van der Waals surface area contributed by atoms with Crippen molar-refractivity contribution in [3.63, 3.8) is 0 Å². The maximum Gasteiger partial charge on any atom is 0.180 e. The zero-order valence-corrected chi connectivity index (χ0v) is 13.9. The number of sulfone groups is 1. The Balaban J connectivity index is 2.22. The van der Waals surface area contributed by atoms with E-state index in [1.807, 2.05) is 0 Å². The summed E-state index contributed by atoms with van der Waals surface area (Å²) in [5.74, 6) is -0.378. The lowest BCUT2D eigenvalue weighted by Gasteiger charge is -2.25. The lowest BCUT2D eigenvalue weighted by molar-refractivity contribution is 0.0714. The molecule has 0 aromatic heterocycles. The van der Waals surface area contributed by atoms with E-state index in [0.717, 1.165) is 0 Å². The van der Waals surface area contributed by atoms with E-state index in [9.17, 15) is 17.9 Å². The minimum absolute atomic E-state index is 0.0000479. The van der Waals surface area contributed by atoms with Crippen LogP contribution in [-0.4, -0.2) is 25.8 Å². The van der Waals surface area contributed by atoms with Gasteiger partial charge in [0.05, 0.1) is 16.3 Å². The lowest BCUT2D eigenvalue weighted by atomic mass is 9.96. The number of anilines is 1. The highest BCUT2D eigenvalue weighted by molar-refractivity contribution is 7.91. The maximum atomic E-state index is 13.0. The van der Waals surface area contributed by atoms with E-state index >= 15 is 0 Å². The monoisotopic (exact) mass is 337 g/mol. The molecular weight excluding hydrogens is 317 g/mol. The Bertz CT molecular complexity index is 771. The summed E-state index contributed by atoms with van der Waals surface area (Å²) in [7, 11) is -3.36. The first-order chi connectivity index (χ1) is 10.8. The molecule has 1 atom stereocenters. The summed E-state index contributed by atoms with van der Waals surface area (Å²) in [4.78, 5) is 0.206. The molecule has 0 saturated carbocycles. The fourth-order valence-corrected chi connectivity index (χ4v) is 3.29. The largest absolute Gasteiger partial charge is 0.384 e. The van der Waals surface area contributed by atoms with Gasteiger partial charge in [0.2, 0.25) is 0 Å². The highest BCUT2D eigenvalue weighted by Crippen LogP contribution is 2.25. The molecule has 2 aromatic carbocycles. The predicted molar refractivity (Wildman–Crippen MR) is 88.6 cm³/mol. The molecule has 23 heavy (non-hydrogen) atoms. The number of nitrogens with one attached hydrogen (secondary N) is 1. The van der Waals surface area contributed by atoms with Crippen molar-refractivity contribution in [3.05, 3.63) is 59.9 Å². The SMILES string of the molecule is CCS(=O)(=O)c1ccccc1NC[C@@](C)(O)c1ccc(F)cc1. The molecule has 0 heterocycles. The minimum Gasteiger partial charge on any atom is -0.384 e. The van der Waals surface area contributed by atoms with Crippen LogP contribution in [0.3, 0.4) is 0 Å². The van der Waals surface area contributed by atoms with Crippen LogP contribution in [-0.2, 0) is 15.4 Å². The molecule has 0 aliphatic rings. The van der Waals surface area contributed by atoms with Gasteiger partial charge in [-0.2, -0.15) is 0 Å². The third-order valence-corrected chi connectivity index (χ3v) is 5.48. The van der Waals surface area contributed by atoms with Crippen molar-refractivity contribution in [2.24, 2.45) is 0 Å². The van der Waals surface area contributed by atoms with Gasteiger partial charge in [-0.05, 0) is 36.8 Å². The second kappa shape index (κ2) is 6.68. The first-order valence-electron chi connectivity index (χ1n) is 7.30. The number of para-hydroxylation sites is 1. The molecule has 2 rings (SSSR count). The van der Waals surface area contributed by atoms with Crippen LogP contribution >= 0.6 is 0 Å². The maximum absolute atomic E-state index is 13.0. The third-order valence-electron chi connectivity index (χ3n) is 3.69. The fourth-order valence-electron chi connectivity index (χ4n) is 2.22. The summed E-state index contributed by atoms with van der Waals surface area (Å²) in [5.41, 5.74) is -0.282. The van der Waals surface area contributed by atoms with Crippen LogP contribution in [0.2, 0.25) is 0 Å². The highest BCUT2D eigenvalue weighted by atomic mass is 32.2. The molecular formula is C17H20FNO3S. The Kier molecular flexibility index (Phi) is 5.06. The number of benzene rings is 2. The molecule has 6 heteroatoms. The van der Waals surface area contributed by atoms with Gasteiger partial charge in [0.1, 0.15) is 11.4 Å². The van der Waals surface area contributed by atoms with Crippen molar-refractivity contribution >= 4 is 15.5 Å². The molecule has 0 aliphatic carbocycles. The Morgan fingerprint density at radius 1 is 1.13 bits per heavy atom. The molecule has 0 radical (unpaired) electrons. The molecule has 0 unspecified atom stereocenters. The van der Waals surface area contributed by atoms with Gasteiger partial charge in [-0.15, -0.1) is 0 Å². The first-order valence-corrected chi connectivity index (χ1v) is 8.95. The highest BCUT2D eigenvalue weighted by Gasteiger charge is 2.24. The van der Waals surface area contributed by atoms with E-state index < -0.39 is 15.4 Å². The molecule has 0 aliphatic heterocycles. The lowest BCUT2D eigenvalue weighted by Crippen LogP contribution is -2.31. The fraction of sp³-hybridized carbons (Fsp3) is 0.294. The molecule has 2 N–H and O–H groups in total. The van der Waals surface area contributed by atoms with Crippen LogP contribution in [0.5, 0.6) is 0 Å². The molecule has 0 saturated heterocycles. The van der Waals surface area contributed by atoms with E-state index in [2.05, 4.69) is 5.32 Å². The van der Waals surface area contributed by atoms with Gasteiger partial charge >= 0.3 is 0 Å². The van der Waals surface area contributed by atoms with Gasteiger partial charge in [0.15, 0.2) is 9.84 Å². The Hall–Kier alpha value is -1.92. The van der Waals surface area contributed by atoms with Crippen LogP contribution in [0.1, 0.15) is 19.4 Å². The topological polar surface area (TPSA) is 66.4 Å². The smallest absolute Gasteiger partial charge is 0.180 e. The molecule has 0 amide bonds. The van der Waals surface area contributed by atoms with Crippen molar-refractivity contribution in [2.45, 2.75) is 24.3 Å². The van der Waals surface area contributed by atoms with Crippen LogP contribution in [0.15, 0.2) is 53.4 Å². The van der Waals surface area contributed by atoms with Crippen molar-refractivity contribution in [1.29, 1.82) is 0 Å². The Morgan fingerprint density at radius 2 is 1.74 bits per heavy atom. The van der Waals surface area contributed by atoms with E-state index in [1.165, 1.54) is 30.3 Å². The summed E-state index contributed by atoms with van der Waals surface area (Å²) >= 11 is 0. The number of hydrogen-bond acceptors (Lipinski definition) is 4. The van der Waals surface area contributed by atoms with Gasteiger partial charge in [-0.25, -0.2) is 12.8 Å². The molecule has 0 bridgehead atoms. The van der Waals surface area contributed by atoms with Crippen LogP contribution < -0.4 is 5.32 Å². The second-order valence-corrected chi connectivity index (χ2v) is 7.78. The van der Waals surface area contributed by atoms with Crippen LogP contribution in [0.4, 0.5) is 10.1 Å². The number of aliphatic hydroxyl groups is 1. The molecule has 0 spiro atoms. The number of hydrogen-bond donors (Lipinski definition) is 2.